The van der Waals surface area contributed by atoms with Crippen LogP contribution in [0.1, 0.15) is 16.1 Å². The summed E-state index contributed by atoms with van der Waals surface area (Å²) < 4.78 is 0. The van der Waals surface area contributed by atoms with Crippen molar-refractivity contribution in [2.24, 2.45) is 0 Å². The van der Waals surface area contributed by atoms with Crippen molar-refractivity contribution in [2.45, 2.75) is 6.92 Å². The molecule has 0 bridgehead atoms. The Morgan fingerprint density at radius 3 is 2.61 bits per heavy atom. The van der Waals surface area contributed by atoms with E-state index in [2.05, 4.69) is 4.98 Å². The minimum atomic E-state index is -1.05. The summed E-state index contributed by atoms with van der Waals surface area (Å²) in [5.74, 6) is -1.05. The van der Waals surface area contributed by atoms with Gasteiger partial charge in [-0.25, -0.2) is 4.79 Å². The Labute approximate surface area is 114 Å². The summed E-state index contributed by atoms with van der Waals surface area (Å²) >= 11 is 12.0. The highest BCUT2D eigenvalue weighted by molar-refractivity contribution is 6.35. The maximum atomic E-state index is 11.2. The van der Waals surface area contributed by atoms with Gasteiger partial charge in [0.2, 0.25) is 0 Å². The third kappa shape index (κ3) is 2.47. The molecule has 18 heavy (non-hydrogen) atoms. The first-order valence-corrected chi connectivity index (χ1v) is 5.91. The van der Waals surface area contributed by atoms with Gasteiger partial charge >= 0.3 is 5.97 Å². The van der Waals surface area contributed by atoms with E-state index in [0.717, 1.165) is 0 Å². The van der Waals surface area contributed by atoms with Gasteiger partial charge in [-0.3, -0.25) is 4.98 Å². The zero-order chi connectivity index (χ0) is 13.3. The van der Waals surface area contributed by atoms with Gasteiger partial charge in [-0.1, -0.05) is 23.2 Å². The molecule has 0 saturated carbocycles. The summed E-state index contributed by atoms with van der Waals surface area (Å²) in [6, 6.07) is 8.03. The monoisotopic (exact) mass is 281 g/mol. The van der Waals surface area contributed by atoms with Crippen LogP contribution in [-0.4, -0.2) is 16.1 Å². The Bertz CT molecular complexity index is 626. The minimum absolute atomic E-state index is 0.102. The van der Waals surface area contributed by atoms with Crippen LogP contribution in [0.25, 0.3) is 11.3 Å². The highest BCUT2D eigenvalue weighted by Gasteiger charge is 2.16. The molecule has 0 aliphatic carbocycles. The second-order valence-electron chi connectivity index (χ2n) is 3.78. The van der Waals surface area contributed by atoms with E-state index in [1.165, 1.54) is 6.07 Å². The van der Waals surface area contributed by atoms with Gasteiger partial charge in [-0.05, 0) is 37.3 Å². The van der Waals surface area contributed by atoms with E-state index in [0.29, 0.717) is 27.0 Å². The largest absolute Gasteiger partial charge is 0.478 e. The number of aromatic carboxylic acids is 1. The van der Waals surface area contributed by atoms with Gasteiger partial charge in [-0.15, -0.1) is 0 Å². The first kappa shape index (κ1) is 12.9. The van der Waals surface area contributed by atoms with Crippen LogP contribution in [0.15, 0.2) is 30.3 Å². The van der Waals surface area contributed by atoms with Crippen LogP contribution >= 0.6 is 23.2 Å². The standard InChI is InChI=1S/C13H9Cl2NO2/c1-7-2-4-9(13(17)18)12(16-7)10-6-8(14)3-5-11(10)15/h2-6H,1H3,(H,17,18). The summed E-state index contributed by atoms with van der Waals surface area (Å²) in [4.78, 5) is 15.4. The second kappa shape index (κ2) is 4.96. The topological polar surface area (TPSA) is 50.2 Å². The average Bonchev–Trinajstić information content (AvgIpc) is 2.31. The maximum absolute atomic E-state index is 11.2. The minimum Gasteiger partial charge on any atom is -0.478 e. The van der Waals surface area contributed by atoms with Crippen LogP contribution in [0.5, 0.6) is 0 Å². The Hall–Kier alpha value is -1.58. The van der Waals surface area contributed by atoms with Crippen molar-refractivity contribution in [3.63, 3.8) is 0 Å². The third-order valence-corrected chi connectivity index (χ3v) is 3.01. The van der Waals surface area contributed by atoms with Crippen LogP contribution in [0.3, 0.4) is 0 Å². The molecule has 3 nitrogen and oxygen atoms in total. The molecule has 1 aromatic heterocycles. The average molecular weight is 282 g/mol. The van der Waals surface area contributed by atoms with Crippen molar-refractivity contribution in [1.29, 1.82) is 0 Å². The second-order valence-corrected chi connectivity index (χ2v) is 4.62. The van der Waals surface area contributed by atoms with Crippen molar-refractivity contribution < 1.29 is 9.90 Å². The molecule has 0 aliphatic heterocycles. The molecule has 1 aromatic carbocycles. The molecule has 0 spiro atoms. The molecule has 0 amide bonds. The summed E-state index contributed by atoms with van der Waals surface area (Å²) in [6.45, 7) is 1.79. The number of hydrogen-bond acceptors (Lipinski definition) is 2. The Morgan fingerprint density at radius 2 is 1.94 bits per heavy atom. The molecule has 92 valence electrons. The van der Waals surface area contributed by atoms with Gasteiger partial charge in [0, 0.05) is 16.3 Å². The van der Waals surface area contributed by atoms with E-state index in [1.807, 2.05) is 0 Å². The van der Waals surface area contributed by atoms with Gasteiger partial charge < -0.3 is 5.11 Å². The Morgan fingerprint density at radius 1 is 1.22 bits per heavy atom. The van der Waals surface area contributed by atoms with Crippen molar-refractivity contribution in [1.82, 2.24) is 4.98 Å². The number of carbonyl (C=O) groups is 1. The lowest BCUT2D eigenvalue weighted by molar-refractivity contribution is 0.0697. The number of carboxylic acid groups (broad SMARTS) is 1. The Kier molecular flexibility index (Phi) is 3.55. The van der Waals surface area contributed by atoms with Gasteiger partial charge in [0.1, 0.15) is 0 Å². The molecule has 0 unspecified atom stereocenters. The number of hydrogen-bond donors (Lipinski definition) is 1. The van der Waals surface area contributed by atoms with E-state index in [4.69, 9.17) is 28.3 Å². The number of aromatic nitrogens is 1. The van der Waals surface area contributed by atoms with Crippen LogP contribution in [0, 0.1) is 6.92 Å². The molecule has 1 N–H and O–H groups in total. The molecule has 0 saturated heterocycles. The number of nitrogens with zero attached hydrogens (tertiary/aromatic N) is 1. The molecular formula is C13H9Cl2NO2. The van der Waals surface area contributed by atoms with E-state index >= 15 is 0 Å². The van der Waals surface area contributed by atoms with Gasteiger partial charge in [0.15, 0.2) is 0 Å². The number of rotatable bonds is 2. The van der Waals surface area contributed by atoms with Crippen molar-refractivity contribution >= 4 is 29.2 Å². The fourth-order valence-corrected chi connectivity index (χ4v) is 1.99. The predicted octanol–water partition coefficient (Wildman–Crippen LogP) is 4.06. The zero-order valence-corrected chi connectivity index (χ0v) is 11.0. The summed E-state index contributed by atoms with van der Waals surface area (Å²) in [7, 11) is 0. The van der Waals surface area contributed by atoms with Gasteiger partial charge in [0.05, 0.1) is 16.3 Å². The van der Waals surface area contributed by atoms with Gasteiger partial charge in [0.25, 0.3) is 0 Å². The lowest BCUT2D eigenvalue weighted by Crippen LogP contribution is -2.02. The molecule has 1 heterocycles. The van der Waals surface area contributed by atoms with Crippen LogP contribution < -0.4 is 0 Å². The smallest absolute Gasteiger partial charge is 0.337 e. The predicted molar refractivity (Wildman–Crippen MR) is 71.4 cm³/mol. The third-order valence-electron chi connectivity index (χ3n) is 2.45. The number of carboxylic acids is 1. The fraction of sp³-hybridized carbons (Fsp3) is 0.0769. The highest BCUT2D eigenvalue weighted by Crippen LogP contribution is 2.31. The zero-order valence-electron chi connectivity index (χ0n) is 9.45. The SMILES string of the molecule is Cc1ccc(C(=O)O)c(-c2cc(Cl)ccc2Cl)n1. The van der Waals surface area contributed by atoms with Crippen molar-refractivity contribution in [3.05, 3.63) is 51.6 Å². The lowest BCUT2D eigenvalue weighted by Gasteiger charge is -2.08. The Balaban J connectivity index is 2.73. The molecule has 5 heteroatoms. The van der Waals surface area contributed by atoms with E-state index in [1.54, 1.807) is 31.2 Å². The number of benzene rings is 1. The highest BCUT2D eigenvalue weighted by atomic mass is 35.5. The molecule has 2 rings (SSSR count). The molecule has 0 aliphatic rings. The van der Waals surface area contributed by atoms with E-state index in [9.17, 15) is 4.79 Å². The number of pyridine rings is 1. The van der Waals surface area contributed by atoms with Crippen LogP contribution in [0.4, 0.5) is 0 Å². The maximum Gasteiger partial charge on any atom is 0.337 e. The van der Waals surface area contributed by atoms with E-state index in [-0.39, 0.29) is 5.56 Å². The lowest BCUT2D eigenvalue weighted by atomic mass is 10.1. The van der Waals surface area contributed by atoms with Gasteiger partial charge in [-0.2, -0.15) is 0 Å². The molecule has 0 fully saturated rings. The molecule has 0 radical (unpaired) electrons. The first-order valence-electron chi connectivity index (χ1n) is 5.15. The normalized spacial score (nSPS) is 10.4. The quantitative estimate of drug-likeness (QED) is 0.903. The van der Waals surface area contributed by atoms with Crippen molar-refractivity contribution in [2.75, 3.05) is 0 Å². The van der Waals surface area contributed by atoms with Crippen LogP contribution in [0.2, 0.25) is 10.0 Å². The summed E-state index contributed by atoms with van der Waals surface area (Å²) in [6.07, 6.45) is 0. The molecule has 2 aromatic rings. The number of aryl methyl sites for hydroxylation is 1. The molecule has 0 atom stereocenters. The number of halogens is 2. The first-order chi connectivity index (χ1) is 8.49. The van der Waals surface area contributed by atoms with Crippen molar-refractivity contribution in [3.8, 4) is 11.3 Å². The fourth-order valence-electron chi connectivity index (χ4n) is 1.61. The summed E-state index contributed by atoms with van der Waals surface area (Å²) in [5.41, 5.74) is 1.66. The summed E-state index contributed by atoms with van der Waals surface area (Å²) in [5, 5.41) is 10.1. The molecular weight excluding hydrogens is 273 g/mol. The van der Waals surface area contributed by atoms with Crippen LogP contribution in [-0.2, 0) is 0 Å². The van der Waals surface area contributed by atoms with E-state index < -0.39 is 5.97 Å².